The van der Waals surface area contributed by atoms with E-state index in [0.29, 0.717) is 23.8 Å². The van der Waals surface area contributed by atoms with Crippen LogP contribution in [0.5, 0.6) is 0 Å². The van der Waals surface area contributed by atoms with Crippen molar-refractivity contribution in [2.45, 2.75) is 19.8 Å². The van der Waals surface area contributed by atoms with Crippen LogP contribution in [0.25, 0.3) is 0 Å². The summed E-state index contributed by atoms with van der Waals surface area (Å²) >= 11 is 7.61. The Balaban J connectivity index is 1.94. The van der Waals surface area contributed by atoms with E-state index >= 15 is 0 Å². The van der Waals surface area contributed by atoms with Gasteiger partial charge in [-0.1, -0.05) is 18.5 Å². The number of hydrogen-bond acceptors (Lipinski definition) is 5. The van der Waals surface area contributed by atoms with Crippen LogP contribution in [0, 0.1) is 0 Å². The lowest BCUT2D eigenvalue weighted by molar-refractivity contribution is 0.0949. The lowest BCUT2D eigenvalue weighted by Crippen LogP contribution is -2.27. The third kappa shape index (κ3) is 4.68. The summed E-state index contributed by atoms with van der Waals surface area (Å²) in [5.74, 6) is 0.392. The number of pyridine rings is 1. The number of anilines is 1. The quantitative estimate of drug-likeness (QED) is 0.821. The Bertz CT molecular complexity index is 589. The molecule has 0 saturated heterocycles. The Morgan fingerprint density at radius 2 is 2.24 bits per heavy atom. The number of thiazole rings is 1. The van der Waals surface area contributed by atoms with Gasteiger partial charge in [0, 0.05) is 31.1 Å². The summed E-state index contributed by atoms with van der Waals surface area (Å²) in [5.41, 5.74) is 0.247. The molecular weight excluding hydrogens is 308 g/mol. The monoisotopic (exact) mass is 324 g/mol. The molecule has 0 aliphatic heterocycles. The first-order valence-corrected chi connectivity index (χ1v) is 8.03. The molecule has 21 heavy (non-hydrogen) atoms. The molecule has 1 amide bonds. The van der Waals surface area contributed by atoms with Crippen LogP contribution in [-0.4, -0.2) is 29.0 Å². The van der Waals surface area contributed by atoms with Gasteiger partial charge in [0.1, 0.15) is 11.5 Å². The Hall–Kier alpha value is -1.66. The molecule has 0 fully saturated rings. The second-order valence-corrected chi connectivity index (χ2v) is 5.77. The minimum atomic E-state index is -0.267. The van der Waals surface area contributed by atoms with Crippen molar-refractivity contribution >= 4 is 34.7 Å². The van der Waals surface area contributed by atoms with E-state index in [1.165, 1.54) is 0 Å². The number of carbonyl (C=O) groups is 1. The Morgan fingerprint density at radius 3 is 2.95 bits per heavy atom. The number of amides is 1. The van der Waals surface area contributed by atoms with Gasteiger partial charge in [0.15, 0.2) is 0 Å². The number of carbonyl (C=O) groups excluding carboxylic acids is 1. The van der Waals surface area contributed by atoms with Crippen molar-refractivity contribution in [1.29, 1.82) is 0 Å². The fourth-order valence-corrected chi connectivity index (χ4v) is 2.51. The smallest absolute Gasteiger partial charge is 0.271 e. The number of halogens is 1. The van der Waals surface area contributed by atoms with Gasteiger partial charge in [0.05, 0.1) is 10.0 Å². The van der Waals surface area contributed by atoms with E-state index in [0.717, 1.165) is 18.0 Å². The van der Waals surface area contributed by atoms with Crippen LogP contribution in [0.4, 0.5) is 5.82 Å². The Labute approximate surface area is 132 Å². The molecular formula is C14H17ClN4OS. The van der Waals surface area contributed by atoms with E-state index < -0.39 is 0 Å². The molecule has 112 valence electrons. The van der Waals surface area contributed by atoms with Gasteiger partial charge >= 0.3 is 0 Å². The molecule has 2 aromatic rings. The first-order chi connectivity index (χ1) is 10.2. The molecule has 2 aromatic heterocycles. The first-order valence-electron chi connectivity index (χ1n) is 6.77. The van der Waals surface area contributed by atoms with Crippen molar-refractivity contribution < 1.29 is 4.79 Å². The van der Waals surface area contributed by atoms with Crippen molar-refractivity contribution in [3.8, 4) is 0 Å². The van der Waals surface area contributed by atoms with Crippen LogP contribution in [0.3, 0.4) is 0 Å². The zero-order valence-electron chi connectivity index (χ0n) is 11.7. The highest BCUT2D eigenvalue weighted by molar-refractivity contribution is 7.09. The molecule has 2 heterocycles. The average molecular weight is 325 g/mol. The van der Waals surface area contributed by atoms with E-state index in [4.69, 9.17) is 11.6 Å². The highest BCUT2D eigenvalue weighted by Gasteiger charge is 2.13. The van der Waals surface area contributed by atoms with Gasteiger partial charge in [-0.2, -0.15) is 0 Å². The van der Waals surface area contributed by atoms with Crippen LogP contribution >= 0.6 is 22.9 Å². The molecule has 0 saturated carbocycles. The molecule has 0 aromatic carbocycles. The summed E-state index contributed by atoms with van der Waals surface area (Å²) < 4.78 is 0. The summed E-state index contributed by atoms with van der Waals surface area (Å²) in [7, 11) is 0. The summed E-state index contributed by atoms with van der Waals surface area (Å²) in [6.07, 6.45) is 3.44. The van der Waals surface area contributed by atoms with Crippen LogP contribution in [0.2, 0.25) is 5.02 Å². The van der Waals surface area contributed by atoms with Crippen molar-refractivity contribution in [3.05, 3.63) is 39.4 Å². The lowest BCUT2D eigenvalue weighted by atomic mass is 10.3. The maximum atomic E-state index is 12.1. The summed E-state index contributed by atoms with van der Waals surface area (Å²) in [5, 5.41) is 9.21. The third-order valence-electron chi connectivity index (χ3n) is 2.73. The van der Waals surface area contributed by atoms with E-state index in [1.807, 2.05) is 5.38 Å². The van der Waals surface area contributed by atoms with Gasteiger partial charge in [-0.3, -0.25) is 4.79 Å². The average Bonchev–Trinajstić information content (AvgIpc) is 2.99. The molecule has 2 rings (SSSR count). The SMILES string of the molecule is CCCNc1ccc(Cl)c(C(=O)NCCc2nccs2)n1. The van der Waals surface area contributed by atoms with E-state index in [-0.39, 0.29) is 11.6 Å². The standard InChI is InChI=1S/C14H17ClN4OS/c1-2-6-16-11-4-3-10(15)13(19-11)14(20)18-7-5-12-17-8-9-21-12/h3-4,8-9H,2,5-7H2,1H3,(H,16,19)(H,18,20). The number of hydrogen-bond donors (Lipinski definition) is 2. The third-order valence-corrected chi connectivity index (χ3v) is 3.87. The summed E-state index contributed by atoms with van der Waals surface area (Å²) in [6, 6.07) is 3.45. The van der Waals surface area contributed by atoms with E-state index in [9.17, 15) is 4.79 Å². The van der Waals surface area contributed by atoms with Gasteiger partial charge in [0.25, 0.3) is 5.91 Å². The van der Waals surface area contributed by atoms with Crippen LogP contribution in [-0.2, 0) is 6.42 Å². The Kier molecular flexibility index (Phi) is 5.95. The van der Waals surface area contributed by atoms with Crippen molar-refractivity contribution in [2.75, 3.05) is 18.4 Å². The molecule has 7 heteroatoms. The van der Waals surface area contributed by atoms with Crippen LogP contribution in [0.1, 0.15) is 28.8 Å². The number of nitrogens with one attached hydrogen (secondary N) is 2. The summed E-state index contributed by atoms with van der Waals surface area (Å²) in [6.45, 7) is 3.38. The molecule has 0 radical (unpaired) electrons. The molecule has 0 atom stereocenters. The number of aromatic nitrogens is 2. The molecule has 0 aliphatic carbocycles. The van der Waals surface area contributed by atoms with Crippen molar-refractivity contribution in [3.63, 3.8) is 0 Å². The van der Waals surface area contributed by atoms with Crippen molar-refractivity contribution in [1.82, 2.24) is 15.3 Å². The molecule has 5 nitrogen and oxygen atoms in total. The number of nitrogens with zero attached hydrogens (tertiary/aromatic N) is 2. The predicted octanol–water partition coefficient (Wildman–Crippen LogP) is 2.99. The van der Waals surface area contributed by atoms with E-state index in [2.05, 4.69) is 27.5 Å². The maximum absolute atomic E-state index is 12.1. The van der Waals surface area contributed by atoms with Gasteiger partial charge in [0.2, 0.25) is 0 Å². The minimum absolute atomic E-state index is 0.247. The fraction of sp³-hybridized carbons (Fsp3) is 0.357. The normalized spacial score (nSPS) is 10.4. The Morgan fingerprint density at radius 1 is 1.38 bits per heavy atom. The zero-order valence-corrected chi connectivity index (χ0v) is 13.3. The topological polar surface area (TPSA) is 66.9 Å². The highest BCUT2D eigenvalue weighted by atomic mass is 35.5. The van der Waals surface area contributed by atoms with Gasteiger partial charge in [-0.25, -0.2) is 9.97 Å². The van der Waals surface area contributed by atoms with Crippen molar-refractivity contribution in [2.24, 2.45) is 0 Å². The van der Waals surface area contributed by atoms with Gasteiger partial charge in [-0.15, -0.1) is 11.3 Å². The number of rotatable bonds is 7. The van der Waals surface area contributed by atoms with Crippen LogP contribution in [0.15, 0.2) is 23.7 Å². The minimum Gasteiger partial charge on any atom is -0.370 e. The van der Waals surface area contributed by atoms with Crippen LogP contribution < -0.4 is 10.6 Å². The largest absolute Gasteiger partial charge is 0.370 e. The summed E-state index contributed by atoms with van der Waals surface area (Å²) in [4.78, 5) is 20.5. The molecule has 2 N–H and O–H groups in total. The maximum Gasteiger partial charge on any atom is 0.271 e. The lowest BCUT2D eigenvalue weighted by Gasteiger charge is -2.08. The zero-order chi connectivity index (χ0) is 15.1. The second-order valence-electron chi connectivity index (χ2n) is 4.39. The fourth-order valence-electron chi connectivity index (χ4n) is 1.70. The van der Waals surface area contributed by atoms with Gasteiger partial charge in [-0.05, 0) is 18.6 Å². The molecule has 0 spiro atoms. The predicted molar refractivity (Wildman–Crippen MR) is 86.2 cm³/mol. The first kappa shape index (κ1) is 15.7. The van der Waals surface area contributed by atoms with E-state index in [1.54, 1.807) is 29.7 Å². The highest BCUT2D eigenvalue weighted by Crippen LogP contribution is 2.16. The molecule has 0 bridgehead atoms. The molecule has 0 aliphatic rings. The second kappa shape index (κ2) is 7.95. The molecule has 0 unspecified atom stereocenters. The van der Waals surface area contributed by atoms with Gasteiger partial charge < -0.3 is 10.6 Å².